The van der Waals surface area contributed by atoms with Crippen LogP contribution in [0, 0.1) is 0 Å². The van der Waals surface area contributed by atoms with Gasteiger partial charge in [0.15, 0.2) is 6.17 Å². The number of hydrogen-bond donors (Lipinski definition) is 0. The van der Waals surface area contributed by atoms with Gasteiger partial charge in [0.25, 0.3) is 0 Å². The molecule has 1 atom stereocenters. The van der Waals surface area contributed by atoms with Gasteiger partial charge in [0.1, 0.15) is 12.7 Å². The van der Waals surface area contributed by atoms with Crippen molar-refractivity contribution in [1.29, 1.82) is 0 Å². The van der Waals surface area contributed by atoms with Crippen LogP contribution in [0.5, 0.6) is 0 Å². The summed E-state index contributed by atoms with van der Waals surface area (Å²) in [4.78, 5) is 20.4. The van der Waals surface area contributed by atoms with Crippen molar-refractivity contribution in [2.75, 3.05) is 0 Å². The molecule has 3 heterocycles. The third kappa shape index (κ3) is 0.837. The molecule has 0 aromatic carbocycles. The Labute approximate surface area is 74.0 Å². The predicted molar refractivity (Wildman–Crippen MR) is 48.4 cm³/mol. The van der Waals surface area contributed by atoms with E-state index in [1.54, 1.807) is 12.4 Å². The Bertz CT molecular complexity index is 446. The van der Waals surface area contributed by atoms with Gasteiger partial charge in [-0.15, -0.1) is 0 Å². The Kier molecular flexibility index (Phi) is 1.16. The molecular weight excluding hydrogens is 166 g/mol. The van der Waals surface area contributed by atoms with E-state index >= 15 is 0 Å². The van der Waals surface area contributed by atoms with Crippen LogP contribution < -0.4 is 0 Å². The number of aliphatic imine (C=N–C) groups is 3. The molecule has 13 heavy (non-hydrogen) atoms. The molecule has 0 N–H and O–H groups in total. The lowest BCUT2D eigenvalue weighted by molar-refractivity contribution is 0.936. The van der Waals surface area contributed by atoms with Gasteiger partial charge in [-0.05, 0) is 0 Å². The fraction of sp³-hybridized carbons (Fsp3) is 0.125. The second-order valence-electron chi connectivity index (χ2n) is 2.75. The maximum absolute atomic E-state index is 4.19. The predicted octanol–water partition coefficient (Wildman–Crippen LogP) is 0.0662. The number of aromatic nitrogens is 2. The number of nitrogens with zero attached hydrogens (tertiary/aromatic N) is 5. The lowest BCUT2D eigenvalue weighted by Gasteiger charge is -2.12. The second kappa shape index (κ2) is 2.29. The van der Waals surface area contributed by atoms with Crippen LogP contribution in [-0.2, 0) is 0 Å². The summed E-state index contributed by atoms with van der Waals surface area (Å²) in [5.41, 5.74) is 2.59. The molecule has 5 heteroatoms. The van der Waals surface area contributed by atoms with Gasteiger partial charge in [0.05, 0.1) is 17.6 Å². The van der Waals surface area contributed by atoms with Crippen molar-refractivity contribution in [2.24, 2.45) is 15.0 Å². The molecule has 1 unspecified atom stereocenters. The third-order valence-electron chi connectivity index (χ3n) is 2.01. The van der Waals surface area contributed by atoms with Crippen molar-refractivity contribution >= 4 is 18.3 Å². The van der Waals surface area contributed by atoms with Crippen molar-refractivity contribution in [1.82, 2.24) is 9.97 Å². The average molecular weight is 171 g/mol. The Balaban J connectivity index is 2.25. The molecule has 2 aliphatic rings. The maximum atomic E-state index is 4.19. The van der Waals surface area contributed by atoms with E-state index < -0.39 is 0 Å². The van der Waals surface area contributed by atoms with E-state index in [9.17, 15) is 0 Å². The zero-order valence-electron chi connectivity index (χ0n) is 6.62. The summed E-state index contributed by atoms with van der Waals surface area (Å²) in [6.07, 6.45) is 6.32. The van der Waals surface area contributed by atoms with Crippen LogP contribution >= 0.6 is 0 Å². The minimum Gasteiger partial charge on any atom is -0.258 e. The SMILES string of the molecule is C1=NC2N=Cc3ncncc3C2=N1. The van der Waals surface area contributed by atoms with Crippen molar-refractivity contribution < 1.29 is 0 Å². The van der Waals surface area contributed by atoms with Crippen molar-refractivity contribution in [3.63, 3.8) is 0 Å². The largest absolute Gasteiger partial charge is 0.258 e. The van der Waals surface area contributed by atoms with Crippen LogP contribution in [0.3, 0.4) is 0 Å². The van der Waals surface area contributed by atoms with Crippen molar-refractivity contribution in [3.05, 3.63) is 23.8 Å². The van der Waals surface area contributed by atoms with E-state index in [0.717, 1.165) is 17.0 Å². The van der Waals surface area contributed by atoms with Crippen LogP contribution in [0.25, 0.3) is 0 Å². The van der Waals surface area contributed by atoms with Gasteiger partial charge in [-0.1, -0.05) is 0 Å². The number of hydrogen-bond acceptors (Lipinski definition) is 5. The standard InChI is InChI=1S/C8H5N5/c1-5-6(11-3-9-1)2-10-8-7(5)12-4-13-8/h1-4,8H. The van der Waals surface area contributed by atoms with E-state index in [1.165, 1.54) is 12.7 Å². The molecule has 0 amide bonds. The van der Waals surface area contributed by atoms with Crippen molar-refractivity contribution in [3.8, 4) is 0 Å². The average Bonchev–Trinajstić information content (AvgIpc) is 2.65. The number of rotatable bonds is 0. The molecule has 1 aromatic heterocycles. The smallest absolute Gasteiger partial charge is 0.184 e. The Morgan fingerprint density at radius 1 is 1.23 bits per heavy atom. The summed E-state index contributed by atoms with van der Waals surface area (Å²) in [5, 5.41) is 0. The highest BCUT2D eigenvalue weighted by Crippen LogP contribution is 2.17. The van der Waals surface area contributed by atoms with E-state index in [0.29, 0.717) is 0 Å². The normalized spacial score (nSPS) is 22.5. The molecule has 3 rings (SSSR count). The Hall–Kier alpha value is -1.91. The number of fused-ring (bicyclic) bond motifs is 3. The minimum atomic E-state index is -0.168. The fourth-order valence-corrected chi connectivity index (χ4v) is 1.39. The van der Waals surface area contributed by atoms with Gasteiger partial charge >= 0.3 is 0 Å². The molecule has 0 saturated carbocycles. The molecule has 0 fully saturated rings. The van der Waals surface area contributed by atoms with Gasteiger partial charge in [0, 0.05) is 11.8 Å². The summed E-state index contributed by atoms with van der Waals surface area (Å²) >= 11 is 0. The van der Waals surface area contributed by atoms with E-state index in [4.69, 9.17) is 0 Å². The lowest BCUT2D eigenvalue weighted by atomic mass is 10.1. The first-order chi connectivity index (χ1) is 6.45. The third-order valence-corrected chi connectivity index (χ3v) is 2.01. The summed E-state index contributed by atoms with van der Waals surface area (Å²) < 4.78 is 0. The highest BCUT2D eigenvalue weighted by molar-refractivity contribution is 6.15. The topological polar surface area (TPSA) is 62.9 Å². The van der Waals surface area contributed by atoms with Gasteiger partial charge in [-0.2, -0.15) is 0 Å². The first kappa shape index (κ1) is 6.59. The molecular formula is C8H5N5. The highest BCUT2D eigenvalue weighted by atomic mass is 15.1. The summed E-state index contributed by atoms with van der Waals surface area (Å²) in [5.74, 6) is 0. The van der Waals surface area contributed by atoms with E-state index in [-0.39, 0.29) is 6.17 Å². The van der Waals surface area contributed by atoms with Crippen molar-refractivity contribution in [2.45, 2.75) is 6.17 Å². The van der Waals surface area contributed by atoms with Crippen LogP contribution in [-0.4, -0.2) is 34.4 Å². The zero-order valence-corrected chi connectivity index (χ0v) is 6.62. The van der Waals surface area contributed by atoms with E-state index in [1.807, 2.05) is 0 Å². The summed E-state index contributed by atoms with van der Waals surface area (Å²) in [6, 6.07) is 0. The molecule has 0 radical (unpaired) electrons. The second-order valence-corrected chi connectivity index (χ2v) is 2.75. The molecule has 62 valence electrons. The molecule has 2 aliphatic heterocycles. The van der Waals surface area contributed by atoms with Crippen LogP contribution in [0.15, 0.2) is 27.5 Å². The van der Waals surface area contributed by atoms with Gasteiger partial charge < -0.3 is 0 Å². The molecule has 5 nitrogen and oxygen atoms in total. The highest BCUT2D eigenvalue weighted by Gasteiger charge is 2.24. The Morgan fingerprint density at radius 3 is 3.23 bits per heavy atom. The first-order valence-corrected chi connectivity index (χ1v) is 3.88. The maximum Gasteiger partial charge on any atom is 0.184 e. The molecule has 0 aliphatic carbocycles. The minimum absolute atomic E-state index is 0.168. The van der Waals surface area contributed by atoms with Crippen LogP contribution in [0.4, 0.5) is 0 Å². The van der Waals surface area contributed by atoms with Crippen LogP contribution in [0.2, 0.25) is 0 Å². The molecule has 1 aromatic rings. The monoisotopic (exact) mass is 171 g/mol. The van der Waals surface area contributed by atoms with Gasteiger partial charge in [-0.25, -0.2) is 20.0 Å². The summed E-state index contributed by atoms with van der Waals surface area (Å²) in [6.45, 7) is 0. The molecule has 0 spiro atoms. The van der Waals surface area contributed by atoms with Gasteiger partial charge in [0.2, 0.25) is 0 Å². The van der Waals surface area contributed by atoms with Crippen LogP contribution in [0.1, 0.15) is 11.3 Å². The first-order valence-electron chi connectivity index (χ1n) is 3.88. The Morgan fingerprint density at radius 2 is 2.23 bits per heavy atom. The van der Waals surface area contributed by atoms with E-state index in [2.05, 4.69) is 24.9 Å². The molecule has 0 bridgehead atoms. The fourth-order valence-electron chi connectivity index (χ4n) is 1.39. The zero-order chi connectivity index (χ0) is 8.67. The quantitative estimate of drug-likeness (QED) is 0.554. The lowest BCUT2D eigenvalue weighted by Crippen LogP contribution is -2.21. The summed E-state index contributed by atoms with van der Waals surface area (Å²) in [7, 11) is 0. The van der Waals surface area contributed by atoms with Gasteiger partial charge in [-0.3, -0.25) is 4.99 Å². The molecule has 0 saturated heterocycles.